The molecule has 1 fully saturated rings. The second-order valence-electron chi connectivity index (χ2n) is 8.06. The summed E-state index contributed by atoms with van der Waals surface area (Å²) < 4.78 is 5.26. The predicted molar refractivity (Wildman–Crippen MR) is 122 cm³/mol. The lowest BCUT2D eigenvalue weighted by Crippen LogP contribution is -2.49. The van der Waals surface area contributed by atoms with Gasteiger partial charge in [-0.3, -0.25) is 9.59 Å². The summed E-state index contributed by atoms with van der Waals surface area (Å²) in [6.45, 7) is 2.50. The summed E-state index contributed by atoms with van der Waals surface area (Å²) in [7, 11) is 0. The highest BCUT2D eigenvalue weighted by Crippen LogP contribution is 2.29. The third-order valence-corrected chi connectivity index (χ3v) is 7.13. The number of carbonyl (C=O) groups excluding carboxylic acids is 2. The Hall–Kier alpha value is -3.06. The fourth-order valence-electron chi connectivity index (χ4n) is 4.44. The van der Waals surface area contributed by atoms with Crippen LogP contribution in [0, 0.1) is 0 Å². The van der Waals surface area contributed by atoms with Crippen molar-refractivity contribution in [2.24, 2.45) is 0 Å². The van der Waals surface area contributed by atoms with E-state index in [9.17, 15) is 9.59 Å². The predicted octanol–water partition coefficient (Wildman–Crippen LogP) is 4.54. The molecule has 2 amide bonds. The molecular formula is C24H25N3O3S. The van der Waals surface area contributed by atoms with E-state index in [0.29, 0.717) is 13.0 Å². The van der Waals surface area contributed by atoms with Gasteiger partial charge in [-0.1, -0.05) is 0 Å². The second-order valence-corrected chi connectivity index (χ2v) is 9.06. The monoisotopic (exact) mass is 435 g/mol. The van der Waals surface area contributed by atoms with Crippen molar-refractivity contribution in [3.05, 3.63) is 70.3 Å². The van der Waals surface area contributed by atoms with Crippen LogP contribution in [-0.4, -0.2) is 35.8 Å². The van der Waals surface area contributed by atoms with Crippen molar-refractivity contribution in [3.8, 4) is 0 Å². The number of hydrogen-bond donors (Lipinski definition) is 1. The summed E-state index contributed by atoms with van der Waals surface area (Å²) in [6.07, 6.45) is 5.04. The molecular weight excluding hydrogens is 410 g/mol. The molecule has 0 aliphatic carbocycles. The largest absolute Gasteiger partial charge is 0.459 e. The lowest BCUT2D eigenvalue weighted by Gasteiger charge is -2.34. The van der Waals surface area contributed by atoms with Crippen molar-refractivity contribution in [1.29, 1.82) is 0 Å². The fourth-order valence-corrected chi connectivity index (χ4v) is 5.33. The van der Waals surface area contributed by atoms with Gasteiger partial charge in [-0.15, -0.1) is 11.3 Å². The van der Waals surface area contributed by atoms with Gasteiger partial charge in [0.1, 0.15) is 6.04 Å². The molecule has 3 aromatic rings. The Labute approximate surface area is 185 Å². The molecule has 1 aromatic carbocycles. The smallest absolute Gasteiger partial charge is 0.290 e. The molecule has 6 nitrogen and oxygen atoms in total. The fraction of sp³-hybridized carbons (Fsp3) is 0.333. The van der Waals surface area contributed by atoms with Crippen LogP contribution in [0.3, 0.4) is 0 Å². The molecule has 0 spiro atoms. The number of thiophene rings is 1. The quantitative estimate of drug-likeness (QED) is 0.654. The number of furan rings is 1. The third kappa shape index (κ3) is 4.10. The van der Waals surface area contributed by atoms with Crippen molar-refractivity contribution in [3.63, 3.8) is 0 Å². The number of rotatable bonds is 4. The first-order valence-corrected chi connectivity index (χ1v) is 11.6. The van der Waals surface area contributed by atoms with Crippen molar-refractivity contribution < 1.29 is 14.0 Å². The Bertz CT molecular complexity index is 1060. The van der Waals surface area contributed by atoms with Crippen LogP contribution in [0.5, 0.6) is 0 Å². The minimum absolute atomic E-state index is 0.145. The highest BCUT2D eigenvalue weighted by Gasteiger charge is 2.33. The molecule has 2 aliphatic rings. The van der Waals surface area contributed by atoms with Gasteiger partial charge >= 0.3 is 0 Å². The maximum absolute atomic E-state index is 13.0. The topological polar surface area (TPSA) is 65.8 Å². The average molecular weight is 436 g/mol. The van der Waals surface area contributed by atoms with Crippen LogP contribution in [0.2, 0.25) is 0 Å². The summed E-state index contributed by atoms with van der Waals surface area (Å²) in [5.74, 6) is -0.0919. The molecule has 31 heavy (non-hydrogen) atoms. The Morgan fingerprint density at radius 1 is 1.06 bits per heavy atom. The standard InChI is InChI=1S/C24H25N3O3S/c28-23(20-4-1-2-12-27(20)24(29)21-5-3-14-30-21)25-18-6-8-19(9-7-18)26-13-10-22-17(16-26)11-15-31-22/h3,5-9,11,14-15,20H,1-2,4,10,12-13,16H2,(H,25,28). The Balaban J connectivity index is 1.25. The van der Waals surface area contributed by atoms with Gasteiger partial charge in [0.05, 0.1) is 6.26 Å². The van der Waals surface area contributed by atoms with E-state index in [1.165, 1.54) is 16.7 Å². The van der Waals surface area contributed by atoms with Crippen LogP contribution in [-0.2, 0) is 17.8 Å². The third-order valence-electron chi connectivity index (χ3n) is 6.11. The van der Waals surface area contributed by atoms with Crippen LogP contribution < -0.4 is 10.2 Å². The van der Waals surface area contributed by atoms with E-state index in [1.54, 1.807) is 17.0 Å². The van der Waals surface area contributed by atoms with E-state index < -0.39 is 6.04 Å². The van der Waals surface area contributed by atoms with E-state index in [2.05, 4.69) is 33.8 Å². The van der Waals surface area contributed by atoms with Crippen LogP contribution in [0.25, 0.3) is 0 Å². The van der Waals surface area contributed by atoms with Crippen molar-refractivity contribution >= 4 is 34.5 Å². The van der Waals surface area contributed by atoms with Crippen LogP contribution in [0.1, 0.15) is 40.3 Å². The zero-order valence-corrected chi connectivity index (χ0v) is 18.1. The van der Waals surface area contributed by atoms with Crippen molar-refractivity contribution in [2.45, 2.75) is 38.3 Å². The van der Waals surface area contributed by atoms with E-state index in [0.717, 1.165) is 43.7 Å². The van der Waals surface area contributed by atoms with Gasteiger partial charge in [0, 0.05) is 35.9 Å². The average Bonchev–Trinajstić information content (AvgIpc) is 3.51. The first kappa shape index (κ1) is 19.9. The molecule has 160 valence electrons. The molecule has 0 radical (unpaired) electrons. The van der Waals surface area contributed by atoms with Gasteiger partial charge in [-0.25, -0.2) is 0 Å². The Morgan fingerprint density at radius 3 is 2.74 bits per heavy atom. The van der Waals surface area contributed by atoms with E-state index in [-0.39, 0.29) is 17.6 Å². The zero-order valence-electron chi connectivity index (χ0n) is 17.3. The maximum Gasteiger partial charge on any atom is 0.290 e. The highest BCUT2D eigenvalue weighted by atomic mass is 32.1. The number of anilines is 2. The molecule has 1 unspecified atom stereocenters. The van der Waals surface area contributed by atoms with Crippen LogP contribution in [0.4, 0.5) is 11.4 Å². The molecule has 0 bridgehead atoms. The summed E-state index contributed by atoms with van der Waals surface area (Å²) in [5.41, 5.74) is 3.31. The molecule has 1 atom stereocenters. The molecule has 7 heteroatoms. The maximum atomic E-state index is 13.0. The SMILES string of the molecule is O=C(Nc1ccc(N2CCc3sccc3C2)cc1)C1CCCCN1C(=O)c1ccco1. The van der Waals surface area contributed by atoms with Crippen LogP contribution >= 0.6 is 11.3 Å². The van der Waals surface area contributed by atoms with Gasteiger partial charge < -0.3 is 19.5 Å². The van der Waals surface area contributed by atoms with E-state index >= 15 is 0 Å². The van der Waals surface area contributed by atoms with E-state index in [1.807, 2.05) is 23.5 Å². The van der Waals surface area contributed by atoms with Gasteiger partial charge in [0.2, 0.25) is 5.91 Å². The van der Waals surface area contributed by atoms with Gasteiger partial charge in [0.15, 0.2) is 5.76 Å². The van der Waals surface area contributed by atoms with Crippen LogP contribution in [0.15, 0.2) is 58.5 Å². The number of nitrogens with one attached hydrogen (secondary N) is 1. The normalized spacial score (nSPS) is 18.5. The minimum Gasteiger partial charge on any atom is -0.459 e. The van der Waals surface area contributed by atoms with Crippen molar-refractivity contribution in [1.82, 2.24) is 4.90 Å². The number of fused-ring (bicyclic) bond motifs is 1. The van der Waals surface area contributed by atoms with Gasteiger partial charge in [-0.05, 0) is 79.1 Å². The second kappa shape index (κ2) is 8.59. The molecule has 2 aromatic heterocycles. The number of benzene rings is 1. The molecule has 4 heterocycles. The summed E-state index contributed by atoms with van der Waals surface area (Å²) in [4.78, 5) is 31.3. The Kier molecular flexibility index (Phi) is 5.51. The van der Waals surface area contributed by atoms with E-state index in [4.69, 9.17) is 4.42 Å². The number of carbonyl (C=O) groups is 2. The minimum atomic E-state index is -0.481. The Morgan fingerprint density at radius 2 is 1.94 bits per heavy atom. The molecule has 5 rings (SSSR count). The van der Waals surface area contributed by atoms with Gasteiger partial charge in [-0.2, -0.15) is 0 Å². The molecule has 1 saturated heterocycles. The lowest BCUT2D eigenvalue weighted by atomic mass is 10.0. The number of nitrogens with zero attached hydrogens (tertiary/aromatic N) is 2. The number of hydrogen-bond acceptors (Lipinski definition) is 5. The molecule has 1 N–H and O–H groups in total. The number of likely N-dealkylation sites (tertiary alicyclic amines) is 1. The van der Waals surface area contributed by atoms with Gasteiger partial charge in [0.25, 0.3) is 5.91 Å². The zero-order chi connectivity index (χ0) is 21.2. The lowest BCUT2D eigenvalue weighted by molar-refractivity contribution is -0.121. The summed E-state index contributed by atoms with van der Waals surface area (Å²) in [6, 6.07) is 13.1. The number of amides is 2. The first-order chi connectivity index (χ1) is 15.2. The number of piperidine rings is 1. The first-order valence-electron chi connectivity index (χ1n) is 10.7. The highest BCUT2D eigenvalue weighted by molar-refractivity contribution is 7.10. The molecule has 0 saturated carbocycles. The van der Waals surface area contributed by atoms with Crippen molar-refractivity contribution in [2.75, 3.05) is 23.3 Å². The summed E-state index contributed by atoms with van der Waals surface area (Å²) >= 11 is 1.84. The summed E-state index contributed by atoms with van der Waals surface area (Å²) in [5, 5.41) is 5.17. The molecule has 2 aliphatic heterocycles.